The van der Waals surface area contributed by atoms with E-state index in [0.29, 0.717) is 61.8 Å². The quantitative estimate of drug-likeness (QED) is 0.121. The van der Waals surface area contributed by atoms with Gasteiger partial charge in [0.05, 0.1) is 45.0 Å². The van der Waals surface area contributed by atoms with Gasteiger partial charge in [0.2, 0.25) is 0 Å². The number of para-hydroxylation sites is 4. The zero-order valence-electron chi connectivity index (χ0n) is 38.8. The number of hydrogen-bond donors (Lipinski definition) is 0. The Morgan fingerprint density at radius 3 is 1.61 bits per heavy atom. The van der Waals surface area contributed by atoms with Gasteiger partial charge in [0.1, 0.15) is 40.5 Å². The van der Waals surface area contributed by atoms with Crippen molar-refractivity contribution in [3.8, 4) is 40.3 Å². The average molecular weight is 911 g/mol. The van der Waals surface area contributed by atoms with E-state index in [1.807, 2.05) is 123 Å². The fourth-order valence-electron chi connectivity index (χ4n) is 10.7. The lowest BCUT2D eigenvalue weighted by Crippen LogP contribution is -2.45. The highest BCUT2D eigenvalue weighted by Crippen LogP contribution is 2.41. The highest BCUT2D eigenvalue weighted by molar-refractivity contribution is 6.49. The number of imidazole rings is 2. The van der Waals surface area contributed by atoms with Gasteiger partial charge < -0.3 is 36.7 Å². The molecule has 0 saturated carbocycles. The molecule has 0 radical (unpaired) electrons. The summed E-state index contributed by atoms with van der Waals surface area (Å²) in [7, 11) is 1.73. The number of aryl methyl sites for hydroxylation is 3. The predicted octanol–water partition coefficient (Wildman–Crippen LogP) is 10.0. The van der Waals surface area contributed by atoms with Crippen molar-refractivity contribution < 1.29 is 18.6 Å². The monoisotopic (exact) mass is 910 g/mol. The van der Waals surface area contributed by atoms with Crippen LogP contribution in [0, 0.1) is 24.8 Å². The summed E-state index contributed by atoms with van der Waals surface area (Å²) in [4.78, 5) is 15.2. The molecule has 4 aromatic heterocycles. The molecule has 14 heteroatoms. The van der Waals surface area contributed by atoms with E-state index in [2.05, 4.69) is 86.3 Å². The van der Waals surface area contributed by atoms with Crippen LogP contribution in [-0.2, 0) is 14.1 Å². The van der Waals surface area contributed by atoms with Crippen LogP contribution in [0.5, 0.6) is 23.0 Å². The summed E-state index contributed by atoms with van der Waals surface area (Å²) in [5.41, 5.74) is 6.99. The SMILES string of the molecule is [C-]#[N+]/C(c1nc2c3ccccc3ccc2n1C)=c1\c2c(C(C)C)n(B3Oc4ccccc4O3)/c(=C(/C#N)c3nc4c5ccccc5ccc4n3C)c2c(-c2ccccc2C)n1B1Oc2ccccc2O1. The first-order valence-electron chi connectivity index (χ1n) is 23.2. The van der Waals surface area contributed by atoms with Crippen LogP contribution in [0.1, 0.15) is 42.7 Å². The van der Waals surface area contributed by atoms with Crippen LogP contribution in [0.15, 0.2) is 146 Å². The largest absolute Gasteiger partial charge is 0.743 e. The van der Waals surface area contributed by atoms with Gasteiger partial charge in [-0.25, -0.2) is 14.8 Å². The summed E-state index contributed by atoms with van der Waals surface area (Å²) < 4.78 is 35.3. The first kappa shape index (κ1) is 41.1. The Labute approximate surface area is 402 Å². The molecule has 334 valence electrons. The first-order chi connectivity index (χ1) is 34.2. The average Bonchev–Trinajstić information content (AvgIpc) is 4.24. The van der Waals surface area contributed by atoms with Crippen molar-refractivity contribution in [1.29, 1.82) is 5.26 Å². The van der Waals surface area contributed by atoms with E-state index in [1.165, 1.54) is 0 Å². The minimum Gasteiger partial charge on any atom is -0.503 e. The third-order valence-corrected chi connectivity index (χ3v) is 13.8. The maximum atomic E-state index is 11.9. The molecule has 0 fully saturated rings. The van der Waals surface area contributed by atoms with Crippen molar-refractivity contribution in [3.63, 3.8) is 0 Å². The minimum absolute atomic E-state index is 0.255. The van der Waals surface area contributed by atoms with Crippen LogP contribution < -0.4 is 29.3 Å². The van der Waals surface area contributed by atoms with Gasteiger partial charge in [0.15, 0.2) is 5.82 Å². The molecule has 12 nitrogen and oxygen atoms in total. The minimum atomic E-state index is -1.10. The highest BCUT2D eigenvalue weighted by atomic mass is 16.6. The van der Waals surface area contributed by atoms with E-state index in [0.717, 1.165) is 60.4 Å². The number of hydrogen-bond acceptors (Lipinski definition) is 7. The molecule has 0 N–H and O–H groups in total. The first-order valence-corrected chi connectivity index (χ1v) is 23.2. The summed E-state index contributed by atoms with van der Waals surface area (Å²) in [6, 6.07) is 50.5. The van der Waals surface area contributed by atoms with Crippen molar-refractivity contribution in [2.24, 2.45) is 14.1 Å². The van der Waals surface area contributed by atoms with Gasteiger partial charge in [0.25, 0.3) is 5.70 Å². The number of benzene rings is 7. The third kappa shape index (κ3) is 5.83. The van der Waals surface area contributed by atoms with E-state index in [4.69, 9.17) is 28.6 Å². The van der Waals surface area contributed by atoms with Gasteiger partial charge in [0, 0.05) is 46.9 Å². The molecule has 0 bridgehead atoms. The molecule has 2 aliphatic rings. The summed E-state index contributed by atoms with van der Waals surface area (Å²) in [5.74, 6) is 2.89. The van der Waals surface area contributed by atoms with E-state index in [-0.39, 0.29) is 17.2 Å². The molecule has 0 saturated heterocycles. The van der Waals surface area contributed by atoms with Crippen LogP contribution in [-0.4, -0.2) is 42.6 Å². The molecule has 0 unspecified atom stereocenters. The highest BCUT2D eigenvalue weighted by Gasteiger charge is 2.45. The van der Waals surface area contributed by atoms with Crippen LogP contribution in [0.3, 0.4) is 0 Å². The molecular formula is C56H40B2N8O4. The van der Waals surface area contributed by atoms with Gasteiger partial charge >= 0.3 is 14.5 Å². The maximum Gasteiger partial charge on any atom is 0.743 e. The van der Waals surface area contributed by atoms with Crippen molar-refractivity contribution in [2.45, 2.75) is 26.7 Å². The van der Waals surface area contributed by atoms with Crippen LogP contribution in [0.4, 0.5) is 0 Å². The van der Waals surface area contributed by atoms with E-state index >= 15 is 0 Å². The lowest BCUT2D eigenvalue weighted by molar-refractivity contribution is 0.473. The zero-order valence-corrected chi connectivity index (χ0v) is 38.8. The van der Waals surface area contributed by atoms with Crippen molar-refractivity contribution >= 4 is 80.2 Å². The molecule has 2 aliphatic heterocycles. The second-order valence-electron chi connectivity index (χ2n) is 18.1. The molecule has 7 aromatic carbocycles. The van der Waals surface area contributed by atoms with Gasteiger partial charge in [-0.1, -0.05) is 123 Å². The van der Waals surface area contributed by atoms with E-state index in [1.54, 1.807) is 0 Å². The fourth-order valence-corrected chi connectivity index (χ4v) is 10.7. The standard InChI is InChI=1S/C56H40B2N8O4/c1-32(2)51-46-47(53(65(51)57-67-42-23-13-14-24-43(42)68-57)39(31-59)55-61-48-37-21-11-8-18-34(37)27-29-40(48)63(55)5)52(36-20-10-7-17-33(36)3)66(58-69-44-25-15-16-26-45(44)70-58)54(46)50(60-4)56-62-49-38-22-12-9-19-35(38)28-30-41(49)64(56)6/h7-30,32H,1-3,5-6H3/b53-39-,54-50+. The van der Waals surface area contributed by atoms with Gasteiger partial charge in [-0.05, 0) is 65.6 Å². The van der Waals surface area contributed by atoms with E-state index in [9.17, 15) is 11.8 Å². The Morgan fingerprint density at radius 2 is 1.09 bits per heavy atom. The van der Waals surface area contributed by atoms with E-state index < -0.39 is 14.5 Å². The molecule has 0 spiro atoms. The molecule has 0 aliphatic carbocycles. The lowest BCUT2D eigenvalue weighted by atomic mass is 9.99. The number of nitrogens with zero attached hydrogens (tertiary/aromatic N) is 8. The normalized spacial score (nSPS) is 13.9. The topological polar surface area (TPSA) is 111 Å². The smallest absolute Gasteiger partial charge is 0.503 e. The second-order valence-corrected chi connectivity index (χ2v) is 18.1. The zero-order chi connectivity index (χ0) is 47.5. The summed E-state index contributed by atoms with van der Waals surface area (Å²) in [5, 5.41) is 18.3. The summed E-state index contributed by atoms with van der Waals surface area (Å²) >= 11 is 0. The molecule has 11 aromatic rings. The number of rotatable bonds is 6. The molecule has 0 atom stereocenters. The van der Waals surface area contributed by atoms with Crippen LogP contribution in [0.2, 0.25) is 0 Å². The Morgan fingerprint density at radius 1 is 0.600 bits per heavy atom. The number of aromatic nitrogens is 6. The Kier molecular flexibility index (Phi) is 9.07. The van der Waals surface area contributed by atoms with Crippen molar-refractivity contribution in [1.82, 2.24) is 28.1 Å². The Hall–Kier alpha value is -9.13. The Bertz CT molecular complexity index is 4090. The summed E-state index contributed by atoms with van der Waals surface area (Å²) in [6.45, 7) is 15.6. The molecule has 6 heterocycles. The molecule has 13 rings (SSSR count). The Balaban J connectivity index is 1.29. The van der Waals surface area contributed by atoms with Crippen molar-refractivity contribution in [2.75, 3.05) is 0 Å². The predicted molar refractivity (Wildman–Crippen MR) is 275 cm³/mol. The molecule has 70 heavy (non-hydrogen) atoms. The van der Waals surface area contributed by atoms with Crippen molar-refractivity contribution in [3.05, 3.63) is 191 Å². The lowest BCUT2D eigenvalue weighted by Gasteiger charge is -2.18. The second kappa shape index (κ2) is 15.5. The fraction of sp³-hybridized carbons (Fsp3) is 0.107. The van der Waals surface area contributed by atoms with Crippen LogP contribution >= 0.6 is 0 Å². The van der Waals surface area contributed by atoms with Gasteiger partial charge in [-0.15, -0.1) is 0 Å². The number of nitriles is 1. The summed E-state index contributed by atoms with van der Waals surface area (Å²) in [6.07, 6.45) is 0. The van der Waals surface area contributed by atoms with Gasteiger partial charge in [-0.3, -0.25) is 0 Å². The molecule has 0 amide bonds. The van der Waals surface area contributed by atoms with Gasteiger partial charge in [-0.2, -0.15) is 5.26 Å². The third-order valence-electron chi connectivity index (χ3n) is 13.8. The molecular weight excluding hydrogens is 870 g/mol. The maximum absolute atomic E-state index is 11.9. The number of fused-ring (bicyclic) bond motifs is 9. The van der Waals surface area contributed by atoms with Crippen LogP contribution in [0.25, 0.3) is 81.8 Å².